The van der Waals surface area contributed by atoms with E-state index < -0.39 is 12.7 Å². The fourth-order valence-electron chi connectivity index (χ4n) is 2.10. The van der Waals surface area contributed by atoms with Gasteiger partial charge in [0, 0.05) is 33.2 Å². The quantitative estimate of drug-likeness (QED) is 0.896. The van der Waals surface area contributed by atoms with Gasteiger partial charge in [-0.25, -0.2) is 0 Å². The molecule has 1 aliphatic rings. The molecule has 0 aromatic carbocycles. The molecule has 0 radical (unpaired) electrons. The average Bonchev–Trinajstić information content (AvgIpc) is 2.46. The smallest absolute Gasteiger partial charge is 0.372 e. The van der Waals surface area contributed by atoms with Crippen molar-refractivity contribution in [2.45, 2.75) is 6.18 Å². The van der Waals surface area contributed by atoms with Gasteiger partial charge in [-0.05, 0) is 12.1 Å². The van der Waals surface area contributed by atoms with Gasteiger partial charge in [-0.3, -0.25) is 9.69 Å². The maximum atomic E-state index is 12.3. The van der Waals surface area contributed by atoms with Gasteiger partial charge in [0.2, 0.25) is 0 Å². The van der Waals surface area contributed by atoms with E-state index in [0.717, 1.165) is 0 Å². The number of hydrogen-bond donors (Lipinski definition) is 1. The second-order valence-electron chi connectivity index (χ2n) is 4.74. The Morgan fingerprint density at radius 2 is 1.90 bits per heavy atom. The standard InChI is InChI=1S/C12H16F3N5O/c1-16-10-3-2-9(17-18-10)11(21)20-6-4-19(5-7-20)8-12(13,14)15/h2-3H,4-8H2,1H3,(H,16,18). The van der Waals surface area contributed by atoms with Crippen molar-refractivity contribution in [2.24, 2.45) is 0 Å². The van der Waals surface area contributed by atoms with E-state index in [1.54, 1.807) is 19.2 Å². The first kappa shape index (κ1) is 15.5. The number of anilines is 1. The number of rotatable bonds is 3. The minimum Gasteiger partial charge on any atom is -0.372 e. The number of amides is 1. The molecule has 2 heterocycles. The SMILES string of the molecule is CNc1ccc(C(=O)N2CCN(CC(F)(F)F)CC2)nn1. The van der Waals surface area contributed by atoms with Crippen LogP contribution in [0.3, 0.4) is 0 Å². The molecule has 116 valence electrons. The minimum absolute atomic E-state index is 0.193. The number of halogens is 3. The van der Waals surface area contributed by atoms with Crippen LogP contribution in [0.1, 0.15) is 10.5 Å². The molecule has 1 amide bonds. The van der Waals surface area contributed by atoms with Gasteiger partial charge in [0.05, 0.1) is 6.54 Å². The summed E-state index contributed by atoms with van der Waals surface area (Å²) < 4.78 is 36.9. The zero-order chi connectivity index (χ0) is 15.5. The zero-order valence-corrected chi connectivity index (χ0v) is 11.5. The van der Waals surface area contributed by atoms with Gasteiger partial charge in [-0.2, -0.15) is 13.2 Å². The summed E-state index contributed by atoms with van der Waals surface area (Å²) >= 11 is 0. The third-order valence-electron chi connectivity index (χ3n) is 3.20. The van der Waals surface area contributed by atoms with Crippen LogP contribution in [0.25, 0.3) is 0 Å². The highest BCUT2D eigenvalue weighted by atomic mass is 19.4. The van der Waals surface area contributed by atoms with E-state index in [2.05, 4.69) is 15.5 Å². The van der Waals surface area contributed by atoms with Crippen LogP contribution in [0, 0.1) is 0 Å². The second-order valence-corrected chi connectivity index (χ2v) is 4.74. The lowest BCUT2D eigenvalue weighted by Crippen LogP contribution is -2.51. The van der Waals surface area contributed by atoms with Crippen molar-refractivity contribution in [3.05, 3.63) is 17.8 Å². The van der Waals surface area contributed by atoms with E-state index >= 15 is 0 Å². The number of nitrogens with one attached hydrogen (secondary N) is 1. The predicted octanol–water partition coefficient (Wildman–Crippen LogP) is 0.838. The van der Waals surface area contributed by atoms with E-state index in [1.807, 2.05) is 0 Å². The number of aromatic nitrogens is 2. The number of carbonyl (C=O) groups excluding carboxylic acids is 1. The summed E-state index contributed by atoms with van der Waals surface area (Å²) in [5, 5.41) is 10.4. The van der Waals surface area contributed by atoms with Crippen LogP contribution in [-0.2, 0) is 0 Å². The number of alkyl halides is 3. The van der Waals surface area contributed by atoms with Gasteiger partial charge in [0.1, 0.15) is 5.82 Å². The van der Waals surface area contributed by atoms with Crippen LogP contribution in [0.2, 0.25) is 0 Å². The van der Waals surface area contributed by atoms with Crippen molar-refractivity contribution < 1.29 is 18.0 Å². The third-order valence-corrected chi connectivity index (χ3v) is 3.20. The molecule has 1 saturated heterocycles. The molecule has 1 N–H and O–H groups in total. The lowest BCUT2D eigenvalue weighted by atomic mass is 10.2. The molecule has 0 unspecified atom stereocenters. The summed E-state index contributed by atoms with van der Waals surface area (Å²) in [7, 11) is 1.69. The van der Waals surface area contributed by atoms with E-state index in [-0.39, 0.29) is 37.8 Å². The monoisotopic (exact) mass is 303 g/mol. The molecule has 0 bridgehead atoms. The molecule has 1 aromatic heterocycles. The Morgan fingerprint density at radius 3 is 2.38 bits per heavy atom. The van der Waals surface area contributed by atoms with Crippen molar-refractivity contribution in [1.29, 1.82) is 0 Å². The summed E-state index contributed by atoms with van der Waals surface area (Å²) in [4.78, 5) is 14.9. The summed E-state index contributed by atoms with van der Waals surface area (Å²) in [5.74, 6) is 0.235. The topological polar surface area (TPSA) is 61.4 Å². The van der Waals surface area contributed by atoms with Crippen LogP contribution in [0.5, 0.6) is 0 Å². The van der Waals surface area contributed by atoms with Crippen molar-refractivity contribution in [3.63, 3.8) is 0 Å². The molecular weight excluding hydrogens is 287 g/mol. The fraction of sp³-hybridized carbons (Fsp3) is 0.583. The average molecular weight is 303 g/mol. The van der Waals surface area contributed by atoms with E-state index in [1.165, 1.54) is 9.80 Å². The first-order chi connectivity index (χ1) is 9.89. The number of carbonyl (C=O) groups is 1. The molecule has 0 spiro atoms. The van der Waals surface area contributed by atoms with Crippen LogP contribution in [-0.4, -0.2) is 71.9 Å². The Kier molecular flexibility index (Phi) is 4.61. The predicted molar refractivity (Wildman–Crippen MR) is 70.0 cm³/mol. The Hall–Kier alpha value is -1.90. The number of nitrogens with zero attached hydrogens (tertiary/aromatic N) is 4. The third kappa shape index (κ3) is 4.28. The highest BCUT2D eigenvalue weighted by molar-refractivity contribution is 5.92. The first-order valence-corrected chi connectivity index (χ1v) is 6.49. The van der Waals surface area contributed by atoms with Crippen molar-refractivity contribution in [2.75, 3.05) is 45.1 Å². The van der Waals surface area contributed by atoms with Crippen LogP contribution in [0.15, 0.2) is 12.1 Å². The molecule has 2 rings (SSSR count). The summed E-state index contributed by atoms with van der Waals surface area (Å²) in [5.41, 5.74) is 0.193. The first-order valence-electron chi connectivity index (χ1n) is 6.49. The molecule has 21 heavy (non-hydrogen) atoms. The Labute approximate surface area is 119 Å². The fourth-order valence-corrected chi connectivity index (χ4v) is 2.10. The maximum absolute atomic E-state index is 12.3. The molecule has 1 aliphatic heterocycles. The Bertz CT molecular complexity index is 483. The van der Waals surface area contributed by atoms with Gasteiger partial charge < -0.3 is 10.2 Å². The maximum Gasteiger partial charge on any atom is 0.401 e. The Balaban J connectivity index is 1.90. The van der Waals surface area contributed by atoms with Crippen molar-refractivity contribution >= 4 is 11.7 Å². The molecule has 1 fully saturated rings. The summed E-state index contributed by atoms with van der Waals surface area (Å²) in [6.07, 6.45) is -4.21. The molecule has 0 atom stereocenters. The van der Waals surface area contributed by atoms with Gasteiger partial charge in [-0.15, -0.1) is 10.2 Å². The Morgan fingerprint density at radius 1 is 1.24 bits per heavy atom. The van der Waals surface area contributed by atoms with Crippen molar-refractivity contribution in [3.8, 4) is 0 Å². The van der Waals surface area contributed by atoms with E-state index in [4.69, 9.17) is 0 Å². The summed E-state index contributed by atoms with van der Waals surface area (Å²) in [6.45, 7) is -0.0268. The number of hydrogen-bond acceptors (Lipinski definition) is 5. The molecule has 1 aromatic rings. The minimum atomic E-state index is -4.21. The molecule has 0 aliphatic carbocycles. The lowest BCUT2D eigenvalue weighted by molar-refractivity contribution is -0.148. The van der Waals surface area contributed by atoms with Gasteiger partial charge in [0.15, 0.2) is 5.69 Å². The zero-order valence-electron chi connectivity index (χ0n) is 11.5. The molecular formula is C12H16F3N5O. The van der Waals surface area contributed by atoms with Gasteiger partial charge >= 0.3 is 6.18 Å². The van der Waals surface area contributed by atoms with Crippen LogP contribution < -0.4 is 5.32 Å². The molecule has 9 heteroatoms. The van der Waals surface area contributed by atoms with Crippen LogP contribution >= 0.6 is 0 Å². The summed E-state index contributed by atoms with van der Waals surface area (Å²) in [6, 6.07) is 3.17. The van der Waals surface area contributed by atoms with Gasteiger partial charge in [-0.1, -0.05) is 0 Å². The largest absolute Gasteiger partial charge is 0.401 e. The molecule has 0 saturated carbocycles. The second kappa shape index (κ2) is 6.25. The highest BCUT2D eigenvalue weighted by Gasteiger charge is 2.33. The lowest BCUT2D eigenvalue weighted by Gasteiger charge is -2.34. The van der Waals surface area contributed by atoms with E-state index in [0.29, 0.717) is 5.82 Å². The normalized spacial score (nSPS) is 16.9. The highest BCUT2D eigenvalue weighted by Crippen LogP contribution is 2.18. The van der Waals surface area contributed by atoms with E-state index in [9.17, 15) is 18.0 Å². The number of piperazine rings is 1. The van der Waals surface area contributed by atoms with Crippen LogP contribution in [0.4, 0.5) is 19.0 Å². The van der Waals surface area contributed by atoms with Gasteiger partial charge in [0.25, 0.3) is 5.91 Å². The van der Waals surface area contributed by atoms with Crippen molar-refractivity contribution in [1.82, 2.24) is 20.0 Å². The molecule has 6 nitrogen and oxygen atoms in total.